The second-order valence-electron chi connectivity index (χ2n) is 28.3. The molecule has 5 aliphatic heterocycles. The second kappa shape index (κ2) is 27.0. The van der Waals surface area contributed by atoms with Gasteiger partial charge in [0.1, 0.15) is 0 Å². The molecule has 0 radical (unpaired) electrons. The smallest absolute Gasteiger partial charge is 0.194 e. The van der Waals surface area contributed by atoms with Crippen molar-refractivity contribution in [2.75, 3.05) is 0 Å². The summed E-state index contributed by atoms with van der Waals surface area (Å²) in [4.78, 5) is 0. The van der Waals surface area contributed by atoms with Crippen molar-refractivity contribution in [1.29, 1.82) is 0 Å². The maximum Gasteiger partial charge on any atom is 0.213 e. The molecular weight excluding hydrogens is 1180 g/mol. The Bertz CT molecular complexity index is 5140. The van der Waals surface area contributed by atoms with E-state index in [2.05, 4.69) is 361 Å². The van der Waals surface area contributed by atoms with E-state index in [-0.39, 0.29) is 0 Å². The Kier molecular flexibility index (Phi) is 17.8. The molecule has 0 atom stereocenters. The number of hydrogen-bond donors (Lipinski definition) is 0. The van der Waals surface area contributed by atoms with Crippen LogP contribution in [0.15, 0.2) is 255 Å². The third-order valence-electron chi connectivity index (χ3n) is 20.2. The van der Waals surface area contributed by atoms with Gasteiger partial charge < -0.3 is 0 Å². The van der Waals surface area contributed by atoms with Crippen LogP contribution < -0.4 is 22.8 Å². The molecule has 0 fully saturated rings. The molecule has 5 aromatic heterocycles. The first kappa shape index (κ1) is 63.9. The van der Waals surface area contributed by atoms with Gasteiger partial charge in [-0.05, 0) is 163 Å². The fraction of sp³-hybridized carbons (Fsp3) is 0.207. The van der Waals surface area contributed by atoms with E-state index >= 15 is 0 Å². The molecule has 0 unspecified atom stereocenters. The highest BCUT2D eigenvalue weighted by atomic mass is 15.0. The van der Waals surface area contributed by atoms with Gasteiger partial charge in [-0.2, -0.15) is 22.8 Å². The number of nitrogens with zero attached hydrogens (tertiary/aromatic N) is 5. The third-order valence-corrected chi connectivity index (χ3v) is 20.2. The molecular formula is C92H90N5+5. The van der Waals surface area contributed by atoms with E-state index < -0.39 is 0 Å². The van der Waals surface area contributed by atoms with Crippen LogP contribution in [0.1, 0.15) is 123 Å². The molecule has 5 heteroatoms. The predicted molar refractivity (Wildman–Crippen MR) is 398 cm³/mol. The summed E-state index contributed by atoms with van der Waals surface area (Å²) in [7, 11) is 0. The first-order chi connectivity index (χ1) is 47.0. The molecule has 0 bridgehead atoms. The number of aryl methyl sites for hydroxylation is 8. The van der Waals surface area contributed by atoms with Crippen LogP contribution in [0, 0.1) is 55.4 Å². The molecule has 97 heavy (non-hydrogen) atoms. The van der Waals surface area contributed by atoms with Crippen LogP contribution in [0.2, 0.25) is 0 Å². The van der Waals surface area contributed by atoms with Crippen molar-refractivity contribution >= 4 is 0 Å². The molecule has 13 aromatic rings. The molecule has 8 aromatic carbocycles. The third kappa shape index (κ3) is 13.2. The van der Waals surface area contributed by atoms with Crippen LogP contribution in [0.3, 0.4) is 0 Å². The van der Waals surface area contributed by atoms with E-state index in [9.17, 15) is 0 Å². The Balaban J connectivity index is 0.000000105. The van der Waals surface area contributed by atoms with Gasteiger partial charge in [-0.3, -0.25) is 0 Å². The Hall–Kier alpha value is -10.5. The van der Waals surface area contributed by atoms with Crippen LogP contribution in [0.4, 0.5) is 0 Å². The van der Waals surface area contributed by atoms with Crippen LogP contribution in [-0.2, 0) is 32.7 Å². The summed E-state index contributed by atoms with van der Waals surface area (Å²) in [6.45, 7) is 31.5. The Morgan fingerprint density at radius 2 is 0.680 bits per heavy atom. The molecule has 5 aliphatic rings. The van der Waals surface area contributed by atoms with Gasteiger partial charge in [0.25, 0.3) is 0 Å². The molecule has 0 spiro atoms. The fourth-order valence-corrected chi connectivity index (χ4v) is 15.1. The summed E-state index contributed by atoms with van der Waals surface area (Å²) in [5.74, 6) is 1.09. The van der Waals surface area contributed by atoms with Gasteiger partial charge in [-0.15, -0.1) is 0 Å². The summed E-state index contributed by atoms with van der Waals surface area (Å²) >= 11 is 0. The van der Waals surface area contributed by atoms with E-state index in [4.69, 9.17) is 0 Å². The standard InChI is InChI=1S/C24H26N.C20H18N.C19H16N.C15H16N.C14H14N/c1-16(2)20-11-21(17(3)4)13-22(12-20)18-8-9-19-15-25-10-6-5-7-24(25)23(19)14-18;1-14-9-15(2)11-18(10-14)16-6-7-17-13-21-8-4-3-5-20(21)19(17)12-16;1-14-11-16(15-7-3-2-4-8-15)12-17-18(14)13-20-10-6-5-9-19(17)20;1-10-4-5-13-9-16-12(3)6-11(2)8-15(16)14(13)7-10;1-10-7-11(2)15-9-12-5-3-4-6-13(12)14(15)8-10/h5-14,16-17H,15H2,1-4H3;3-12H,13H2,1-2H3;2-12H,13H2,1H3;4-8H,9H2,1-3H3;3-8H,9H2,1-2H3/q5*+1. The van der Waals surface area contributed by atoms with Crippen LogP contribution in [-0.4, -0.2) is 0 Å². The minimum absolute atomic E-state index is 0.545. The highest BCUT2D eigenvalue weighted by molar-refractivity contribution is 5.78. The highest BCUT2D eigenvalue weighted by Gasteiger charge is 2.32. The Labute approximate surface area is 575 Å². The molecule has 5 nitrogen and oxygen atoms in total. The van der Waals surface area contributed by atoms with Crippen molar-refractivity contribution in [2.24, 2.45) is 0 Å². The fourth-order valence-electron chi connectivity index (χ4n) is 15.1. The second-order valence-corrected chi connectivity index (χ2v) is 28.3. The SMILES string of the molecule is CC(C)c1cc(-c2ccc3c(c2)-c2cccc[n+]2C3)cc(C(C)C)c1.Cc1cc(-c2ccccc2)cc2c1C[n+]1ccccc1-2.Cc1cc(C)[n+]2c(c1)-c1ccccc1C2.Cc1cc(C)cc(-c2ccc3c(c2)-c2cccc[n+]2C3)c1.Cc1ccc2c(c1)-c1cc(C)cc(C)[n+]1C2. The number of fused-ring (bicyclic) bond motifs is 15. The summed E-state index contributed by atoms with van der Waals surface area (Å²) in [5, 5.41) is 0. The lowest BCUT2D eigenvalue weighted by atomic mass is 9.90. The first-order valence-corrected chi connectivity index (χ1v) is 34.8. The zero-order valence-electron chi connectivity index (χ0n) is 58.7. The molecule has 10 heterocycles. The molecule has 0 amide bonds. The van der Waals surface area contributed by atoms with Crippen LogP contribution >= 0.6 is 0 Å². The molecule has 0 N–H and O–H groups in total. The average Bonchev–Trinajstić information content (AvgIpc) is 1.67. The maximum atomic E-state index is 2.40. The van der Waals surface area contributed by atoms with Crippen molar-refractivity contribution in [3.63, 3.8) is 0 Å². The van der Waals surface area contributed by atoms with Gasteiger partial charge in [-0.1, -0.05) is 172 Å². The van der Waals surface area contributed by atoms with Gasteiger partial charge in [0.2, 0.25) is 28.5 Å². The van der Waals surface area contributed by atoms with Gasteiger partial charge in [0.15, 0.2) is 62.7 Å². The van der Waals surface area contributed by atoms with Crippen LogP contribution in [0.25, 0.3) is 89.7 Å². The lowest BCUT2D eigenvalue weighted by Crippen LogP contribution is -2.35. The van der Waals surface area contributed by atoms with E-state index in [1.165, 1.54) is 173 Å². The maximum absolute atomic E-state index is 2.40. The van der Waals surface area contributed by atoms with E-state index in [0.717, 1.165) is 32.7 Å². The van der Waals surface area contributed by atoms with Crippen molar-refractivity contribution in [3.8, 4) is 89.7 Å². The quantitative estimate of drug-likeness (QED) is 0.153. The molecule has 478 valence electrons. The summed E-state index contributed by atoms with van der Waals surface area (Å²) in [6, 6.07) is 86.7. The minimum Gasteiger partial charge on any atom is -0.194 e. The largest absolute Gasteiger partial charge is 0.213 e. The Morgan fingerprint density at radius 1 is 0.258 bits per heavy atom. The predicted octanol–water partition coefficient (Wildman–Crippen LogP) is 19.7. The van der Waals surface area contributed by atoms with Gasteiger partial charge in [-0.25, -0.2) is 0 Å². The zero-order valence-corrected chi connectivity index (χ0v) is 58.7. The Morgan fingerprint density at radius 3 is 1.24 bits per heavy atom. The summed E-state index contributed by atoms with van der Waals surface area (Å²) < 4.78 is 11.8. The van der Waals surface area contributed by atoms with Crippen molar-refractivity contribution in [2.45, 2.75) is 128 Å². The lowest BCUT2D eigenvalue weighted by Gasteiger charge is -2.15. The summed E-state index contributed by atoms with van der Waals surface area (Å²) in [5.41, 5.74) is 42.2. The monoisotopic (exact) mass is 1260 g/mol. The molecule has 18 rings (SSSR count). The van der Waals surface area contributed by atoms with Crippen molar-refractivity contribution in [1.82, 2.24) is 0 Å². The minimum atomic E-state index is 0.545. The number of pyridine rings is 5. The average molecular weight is 1270 g/mol. The number of rotatable bonds is 5. The number of benzene rings is 8. The van der Waals surface area contributed by atoms with Gasteiger partial charge in [0.05, 0.1) is 27.8 Å². The number of aromatic nitrogens is 5. The van der Waals surface area contributed by atoms with Crippen LogP contribution in [0.5, 0.6) is 0 Å². The summed E-state index contributed by atoms with van der Waals surface area (Å²) in [6.07, 6.45) is 6.49. The number of hydrogen-bond acceptors (Lipinski definition) is 0. The topological polar surface area (TPSA) is 19.4 Å². The van der Waals surface area contributed by atoms with Crippen molar-refractivity contribution < 1.29 is 22.8 Å². The van der Waals surface area contributed by atoms with Crippen molar-refractivity contribution in [3.05, 3.63) is 339 Å². The zero-order chi connectivity index (χ0) is 67.2. The lowest BCUT2D eigenvalue weighted by molar-refractivity contribution is -0.678. The first-order valence-electron chi connectivity index (χ1n) is 34.8. The van der Waals surface area contributed by atoms with E-state index in [1.54, 1.807) is 0 Å². The van der Waals surface area contributed by atoms with Gasteiger partial charge >= 0.3 is 0 Å². The molecule has 0 saturated carbocycles. The normalized spacial score (nSPS) is 12.3. The van der Waals surface area contributed by atoms with E-state index in [1.807, 2.05) is 0 Å². The molecule has 0 aliphatic carbocycles. The van der Waals surface area contributed by atoms with E-state index in [0.29, 0.717) is 11.8 Å². The van der Waals surface area contributed by atoms with Gasteiger partial charge in [0, 0.05) is 102 Å². The molecule has 0 saturated heterocycles. The highest BCUT2D eigenvalue weighted by Crippen LogP contribution is 2.38.